The van der Waals surface area contributed by atoms with Crippen LogP contribution in [-0.2, 0) is 22.9 Å². The van der Waals surface area contributed by atoms with Crippen molar-refractivity contribution in [2.24, 2.45) is 0 Å². The van der Waals surface area contributed by atoms with E-state index in [-0.39, 0.29) is 18.0 Å². The van der Waals surface area contributed by atoms with Gasteiger partial charge in [-0.3, -0.25) is 4.90 Å². The third-order valence-electron chi connectivity index (χ3n) is 3.19. The second kappa shape index (κ2) is 6.62. The zero-order valence-electron chi connectivity index (χ0n) is 12.1. The van der Waals surface area contributed by atoms with Gasteiger partial charge in [-0.15, -0.1) is 0 Å². The maximum Gasteiger partial charge on any atom is 0.407 e. The van der Waals surface area contributed by atoms with Crippen molar-refractivity contribution in [3.63, 3.8) is 0 Å². The van der Waals surface area contributed by atoms with Crippen LogP contribution in [0.25, 0.3) is 0 Å². The molecule has 0 saturated heterocycles. The molecule has 0 aliphatic rings. The van der Waals surface area contributed by atoms with Crippen molar-refractivity contribution in [2.75, 3.05) is 6.26 Å². The Labute approximate surface area is 129 Å². The first-order valence-corrected chi connectivity index (χ1v) is 8.56. The van der Waals surface area contributed by atoms with Gasteiger partial charge in [0.05, 0.1) is 4.90 Å². The Bertz CT molecular complexity index is 757. The van der Waals surface area contributed by atoms with Gasteiger partial charge in [-0.25, -0.2) is 13.2 Å². The van der Waals surface area contributed by atoms with Gasteiger partial charge in [-0.1, -0.05) is 42.5 Å². The van der Waals surface area contributed by atoms with Crippen LogP contribution in [0.5, 0.6) is 0 Å². The molecule has 116 valence electrons. The maximum absolute atomic E-state index is 11.6. The SMILES string of the molecule is CS(=O)(=O)c1cccc(CN(Cc2ccccc2)C(=O)O)c1. The first-order chi connectivity index (χ1) is 10.4. The Morgan fingerprint density at radius 3 is 2.18 bits per heavy atom. The Hall–Kier alpha value is -2.34. The molecule has 0 aromatic heterocycles. The summed E-state index contributed by atoms with van der Waals surface area (Å²) in [6, 6.07) is 15.6. The zero-order chi connectivity index (χ0) is 16.2. The van der Waals surface area contributed by atoms with E-state index in [1.165, 1.54) is 17.0 Å². The van der Waals surface area contributed by atoms with Crippen LogP contribution in [0.4, 0.5) is 4.79 Å². The Balaban J connectivity index is 2.20. The second-order valence-corrected chi connectivity index (χ2v) is 7.06. The van der Waals surface area contributed by atoms with Crippen molar-refractivity contribution < 1.29 is 18.3 Å². The van der Waals surface area contributed by atoms with E-state index in [1.54, 1.807) is 12.1 Å². The number of rotatable bonds is 5. The van der Waals surface area contributed by atoms with Crippen LogP contribution >= 0.6 is 0 Å². The van der Waals surface area contributed by atoms with Gasteiger partial charge in [0, 0.05) is 19.3 Å². The van der Waals surface area contributed by atoms with Crippen LogP contribution in [-0.4, -0.2) is 30.8 Å². The summed E-state index contributed by atoms with van der Waals surface area (Å²) in [4.78, 5) is 12.8. The van der Waals surface area contributed by atoms with Gasteiger partial charge in [-0.05, 0) is 23.3 Å². The molecule has 2 aromatic rings. The maximum atomic E-state index is 11.6. The third kappa shape index (κ3) is 4.33. The van der Waals surface area contributed by atoms with E-state index < -0.39 is 15.9 Å². The van der Waals surface area contributed by atoms with Crippen molar-refractivity contribution in [1.82, 2.24) is 4.90 Å². The summed E-state index contributed by atoms with van der Waals surface area (Å²) in [6.07, 6.45) is 0.0824. The fourth-order valence-corrected chi connectivity index (χ4v) is 2.78. The summed E-state index contributed by atoms with van der Waals surface area (Å²) in [5.41, 5.74) is 1.52. The predicted octanol–water partition coefficient (Wildman–Crippen LogP) is 2.77. The highest BCUT2D eigenvalue weighted by molar-refractivity contribution is 7.90. The Kier molecular flexibility index (Phi) is 4.82. The summed E-state index contributed by atoms with van der Waals surface area (Å²) in [5, 5.41) is 9.33. The summed E-state index contributed by atoms with van der Waals surface area (Å²) in [6.45, 7) is 0.382. The molecular formula is C16H17NO4S. The molecule has 2 rings (SSSR count). The number of benzene rings is 2. The molecule has 6 heteroatoms. The number of sulfone groups is 1. The summed E-state index contributed by atoms with van der Waals surface area (Å²) >= 11 is 0. The monoisotopic (exact) mass is 319 g/mol. The van der Waals surface area contributed by atoms with E-state index in [0.29, 0.717) is 5.56 Å². The molecule has 0 heterocycles. The molecule has 0 aliphatic heterocycles. The quantitative estimate of drug-likeness (QED) is 0.919. The topological polar surface area (TPSA) is 74.7 Å². The molecule has 0 fully saturated rings. The number of nitrogens with zero attached hydrogens (tertiary/aromatic N) is 1. The normalized spacial score (nSPS) is 11.1. The van der Waals surface area contributed by atoms with E-state index in [4.69, 9.17) is 0 Å². The van der Waals surface area contributed by atoms with Crippen LogP contribution in [0.2, 0.25) is 0 Å². The van der Waals surface area contributed by atoms with Crippen molar-refractivity contribution >= 4 is 15.9 Å². The first-order valence-electron chi connectivity index (χ1n) is 6.67. The fraction of sp³-hybridized carbons (Fsp3) is 0.188. The summed E-state index contributed by atoms with van der Waals surface area (Å²) in [7, 11) is -3.31. The second-order valence-electron chi connectivity index (χ2n) is 5.04. The highest BCUT2D eigenvalue weighted by Gasteiger charge is 2.14. The van der Waals surface area contributed by atoms with Crippen molar-refractivity contribution in [1.29, 1.82) is 0 Å². The van der Waals surface area contributed by atoms with E-state index in [0.717, 1.165) is 11.8 Å². The molecule has 5 nitrogen and oxygen atoms in total. The zero-order valence-corrected chi connectivity index (χ0v) is 13.0. The van der Waals surface area contributed by atoms with E-state index in [9.17, 15) is 18.3 Å². The molecule has 1 amide bonds. The molecule has 0 radical (unpaired) electrons. The highest BCUT2D eigenvalue weighted by Crippen LogP contribution is 2.15. The lowest BCUT2D eigenvalue weighted by molar-refractivity contribution is 0.139. The lowest BCUT2D eigenvalue weighted by atomic mass is 10.2. The summed E-state index contributed by atoms with van der Waals surface area (Å²) in [5.74, 6) is 0. The van der Waals surface area contributed by atoms with E-state index in [2.05, 4.69) is 0 Å². The highest BCUT2D eigenvalue weighted by atomic mass is 32.2. The summed E-state index contributed by atoms with van der Waals surface area (Å²) < 4.78 is 23.1. The van der Waals surface area contributed by atoms with Gasteiger partial charge >= 0.3 is 6.09 Å². The average molecular weight is 319 g/mol. The predicted molar refractivity (Wildman–Crippen MR) is 83.3 cm³/mol. The number of carbonyl (C=O) groups is 1. The third-order valence-corrected chi connectivity index (χ3v) is 4.30. The van der Waals surface area contributed by atoms with E-state index >= 15 is 0 Å². The minimum atomic E-state index is -3.31. The lowest BCUT2D eigenvalue weighted by Crippen LogP contribution is -2.28. The van der Waals surface area contributed by atoms with Crippen LogP contribution in [0.15, 0.2) is 59.5 Å². The minimum Gasteiger partial charge on any atom is -0.465 e. The fourth-order valence-electron chi connectivity index (χ4n) is 2.09. The van der Waals surface area contributed by atoms with Crippen LogP contribution in [0, 0.1) is 0 Å². The Morgan fingerprint density at radius 2 is 1.59 bits per heavy atom. The number of carboxylic acid groups (broad SMARTS) is 1. The molecule has 0 atom stereocenters. The van der Waals surface area contributed by atoms with E-state index in [1.807, 2.05) is 30.3 Å². The molecule has 0 bridgehead atoms. The molecular weight excluding hydrogens is 302 g/mol. The van der Waals surface area contributed by atoms with Gasteiger partial charge in [0.25, 0.3) is 0 Å². The van der Waals surface area contributed by atoms with Gasteiger partial charge in [0.15, 0.2) is 9.84 Å². The first kappa shape index (κ1) is 16.0. The van der Waals surface area contributed by atoms with Crippen molar-refractivity contribution in [3.05, 3.63) is 65.7 Å². The molecule has 22 heavy (non-hydrogen) atoms. The van der Waals surface area contributed by atoms with Gasteiger partial charge in [-0.2, -0.15) is 0 Å². The van der Waals surface area contributed by atoms with Crippen LogP contribution in [0.1, 0.15) is 11.1 Å². The number of hydrogen-bond donors (Lipinski definition) is 1. The van der Waals surface area contributed by atoms with Crippen LogP contribution < -0.4 is 0 Å². The van der Waals surface area contributed by atoms with Gasteiger partial charge in [0.1, 0.15) is 0 Å². The average Bonchev–Trinajstić information content (AvgIpc) is 2.47. The molecule has 0 saturated carbocycles. The molecule has 0 unspecified atom stereocenters. The molecule has 0 aliphatic carbocycles. The minimum absolute atomic E-state index is 0.133. The van der Waals surface area contributed by atoms with Crippen LogP contribution in [0.3, 0.4) is 0 Å². The van der Waals surface area contributed by atoms with Crippen molar-refractivity contribution in [2.45, 2.75) is 18.0 Å². The van der Waals surface area contributed by atoms with Crippen molar-refractivity contribution in [3.8, 4) is 0 Å². The molecule has 0 spiro atoms. The van der Waals surface area contributed by atoms with Gasteiger partial charge in [0.2, 0.25) is 0 Å². The molecule has 2 aromatic carbocycles. The Morgan fingerprint density at radius 1 is 1.00 bits per heavy atom. The largest absolute Gasteiger partial charge is 0.465 e. The number of amides is 1. The lowest BCUT2D eigenvalue weighted by Gasteiger charge is -2.19. The smallest absolute Gasteiger partial charge is 0.407 e. The van der Waals surface area contributed by atoms with Gasteiger partial charge < -0.3 is 5.11 Å². The standard InChI is InChI=1S/C16H17NO4S/c1-22(20,21)15-9-5-8-14(10-15)12-17(16(18)19)11-13-6-3-2-4-7-13/h2-10H,11-12H2,1H3,(H,18,19). The number of hydrogen-bond acceptors (Lipinski definition) is 3. The molecule has 1 N–H and O–H groups in total.